The molecule has 0 radical (unpaired) electrons. The van der Waals surface area contributed by atoms with E-state index in [0.29, 0.717) is 18.7 Å². The van der Waals surface area contributed by atoms with Gasteiger partial charge < -0.3 is 26.4 Å². The van der Waals surface area contributed by atoms with E-state index in [1.54, 1.807) is 6.92 Å². The van der Waals surface area contributed by atoms with Crippen LogP contribution in [0.5, 0.6) is 0 Å². The van der Waals surface area contributed by atoms with Crippen LogP contribution in [-0.4, -0.2) is 77.6 Å². The van der Waals surface area contributed by atoms with Crippen LogP contribution in [0.4, 0.5) is 5.69 Å². The van der Waals surface area contributed by atoms with Crippen molar-refractivity contribution in [3.63, 3.8) is 0 Å². The third-order valence-electron chi connectivity index (χ3n) is 7.64. The minimum atomic E-state index is -3.75. The third kappa shape index (κ3) is 14.1. The molecule has 2 aromatic rings. The Morgan fingerprint density at radius 1 is 0.816 bits per heavy atom. The Bertz CT molecular complexity index is 1520. The first-order valence-electron chi connectivity index (χ1n) is 16.7. The highest BCUT2D eigenvalue weighted by molar-refractivity contribution is 7.92. The highest BCUT2D eigenvalue weighted by Crippen LogP contribution is 2.20. The minimum absolute atomic E-state index is 0.00565. The van der Waals surface area contributed by atoms with Crippen LogP contribution in [0.2, 0.25) is 0 Å². The van der Waals surface area contributed by atoms with Crippen LogP contribution >= 0.6 is 0 Å². The Morgan fingerprint density at radius 2 is 1.47 bits per heavy atom. The van der Waals surface area contributed by atoms with E-state index in [1.807, 2.05) is 41.5 Å². The molecule has 2 rings (SSSR count). The van der Waals surface area contributed by atoms with E-state index in [9.17, 15) is 32.7 Å². The maximum absolute atomic E-state index is 13.6. The molecule has 0 spiro atoms. The van der Waals surface area contributed by atoms with Gasteiger partial charge in [-0.05, 0) is 55.7 Å². The van der Waals surface area contributed by atoms with Crippen LogP contribution < -0.4 is 26.0 Å². The molecular formula is C34H53N7O7S. The number of rotatable bonds is 19. The van der Waals surface area contributed by atoms with E-state index in [0.717, 1.165) is 0 Å². The number of nitrogens with zero attached hydrogens (tertiary/aromatic N) is 2. The SMILES string of the molecule is CCS(=O)(=O)Nc1cc(C(=O)NCc2cnccn2)cc(C(=O)NC(CC(C)C)C(O)CC(C)C(=O)NC(C(=O)NCC(C)C)C(C)C)c1. The number of aliphatic hydroxyl groups is 1. The molecule has 4 amide bonds. The first kappa shape index (κ1) is 41.1. The van der Waals surface area contributed by atoms with Crippen molar-refractivity contribution in [2.24, 2.45) is 23.7 Å². The monoisotopic (exact) mass is 703 g/mol. The molecule has 4 atom stereocenters. The van der Waals surface area contributed by atoms with Gasteiger partial charge in [0.2, 0.25) is 21.8 Å². The van der Waals surface area contributed by atoms with Crippen molar-refractivity contribution < 1.29 is 32.7 Å². The van der Waals surface area contributed by atoms with Gasteiger partial charge in [0.1, 0.15) is 6.04 Å². The van der Waals surface area contributed by atoms with E-state index >= 15 is 0 Å². The van der Waals surface area contributed by atoms with Crippen molar-refractivity contribution in [2.45, 2.75) is 93.0 Å². The molecule has 0 aliphatic rings. The lowest BCUT2D eigenvalue weighted by molar-refractivity contribution is -0.132. The molecule has 0 aliphatic heterocycles. The summed E-state index contributed by atoms with van der Waals surface area (Å²) in [6.07, 6.45) is 3.68. The Balaban J connectivity index is 2.26. The highest BCUT2D eigenvalue weighted by Gasteiger charge is 2.30. The van der Waals surface area contributed by atoms with E-state index in [1.165, 1.54) is 43.7 Å². The van der Waals surface area contributed by atoms with E-state index in [2.05, 4.69) is 36.0 Å². The topological polar surface area (TPSA) is 209 Å². The fourth-order valence-electron chi connectivity index (χ4n) is 4.85. The van der Waals surface area contributed by atoms with Crippen LogP contribution in [0, 0.1) is 23.7 Å². The van der Waals surface area contributed by atoms with Crippen molar-refractivity contribution in [2.75, 3.05) is 17.0 Å². The predicted octanol–water partition coefficient (Wildman–Crippen LogP) is 2.61. The quantitative estimate of drug-likeness (QED) is 0.127. The first-order valence-corrected chi connectivity index (χ1v) is 18.3. The molecule has 15 heteroatoms. The second-order valence-electron chi connectivity index (χ2n) is 13.5. The number of anilines is 1. The summed E-state index contributed by atoms with van der Waals surface area (Å²) < 4.78 is 27.1. The Hall–Kier alpha value is -4.11. The zero-order valence-electron chi connectivity index (χ0n) is 29.7. The number of hydrogen-bond donors (Lipinski definition) is 6. The molecule has 6 N–H and O–H groups in total. The van der Waals surface area contributed by atoms with Crippen LogP contribution in [0.15, 0.2) is 36.8 Å². The average Bonchev–Trinajstić information content (AvgIpc) is 3.04. The molecule has 14 nitrogen and oxygen atoms in total. The van der Waals surface area contributed by atoms with Gasteiger partial charge in [0.05, 0.1) is 42.0 Å². The first-order chi connectivity index (χ1) is 22.9. The Morgan fingerprint density at radius 3 is 2.02 bits per heavy atom. The van der Waals surface area contributed by atoms with Crippen molar-refractivity contribution in [1.82, 2.24) is 31.2 Å². The number of carbonyl (C=O) groups is 4. The standard InChI is InChI=1S/C34H53N7O7S/c1-9-49(47,48)41-26-15-24(32(44)38-19-27-18-35-10-11-36-27)14-25(16-26)33(45)39-28(12-20(2)3)29(42)13-23(8)31(43)40-30(22(6)7)34(46)37-17-21(4)5/h10-11,14-16,18,20-23,28-30,41-42H,9,12-13,17,19H2,1-8H3,(H,37,46)(H,38,44)(H,39,45)(H,40,43). The highest BCUT2D eigenvalue weighted by atomic mass is 32.2. The van der Waals surface area contributed by atoms with Crippen molar-refractivity contribution in [3.05, 3.63) is 53.6 Å². The van der Waals surface area contributed by atoms with Gasteiger partial charge in [-0.2, -0.15) is 0 Å². The van der Waals surface area contributed by atoms with Crippen LogP contribution in [0.1, 0.15) is 94.6 Å². The summed E-state index contributed by atoms with van der Waals surface area (Å²) in [4.78, 5) is 60.7. The molecule has 0 fully saturated rings. The number of nitrogens with one attached hydrogen (secondary N) is 5. The zero-order valence-corrected chi connectivity index (χ0v) is 30.6. The second-order valence-corrected chi connectivity index (χ2v) is 15.5. The zero-order chi connectivity index (χ0) is 36.9. The van der Waals surface area contributed by atoms with E-state index in [4.69, 9.17) is 0 Å². The van der Waals surface area contributed by atoms with Gasteiger partial charge >= 0.3 is 0 Å². The fourth-order valence-corrected chi connectivity index (χ4v) is 5.47. The minimum Gasteiger partial charge on any atom is -0.391 e. The third-order valence-corrected chi connectivity index (χ3v) is 8.94. The molecule has 4 unspecified atom stereocenters. The number of aliphatic hydroxyl groups excluding tert-OH is 1. The van der Waals surface area contributed by atoms with Gasteiger partial charge in [0.25, 0.3) is 11.8 Å². The molecule has 0 saturated carbocycles. The Labute approximate surface area is 290 Å². The van der Waals surface area contributed by atoms with Gasteiger partial charge in [-0.3, -0.25) is 33.9 Å². The summed E-state index contributed by atoms with van der Waals surface area (Å²) in [5.41, 5.74) is 0.523. The summed E-state index contributed by atoms with van der Waals surface area (Å²) in [6, 6.07) is 2.43. The molecule has 1 heterocycles. The number of sulfonamides is 1. The largest absolute Gasteiger partial charge is 0.391 e. The Kier molecular flexibility index (Phi) is 16.1. The molecule has 1 aromatic heterocycles. The smallest absolute Gasteiger partial charge is 0.251 e. The lowest BCUT2D eigenvalue weighted by Crippen LogP contribution is -2.52. The molecule has 0 bridgehead atoms. The number of hydrogen-bond acceptors (Lipinski definition) is 9. The van der Waals surface area contributed by atoms with Gasteiger partial charge in [0, 0.05) is 36.0 Å². The lowest BCUT2D eigenvalue weighted by atomic mass is 9.91. The summed E-state index contributed by atoms with van der Waals surface area (Å²) >= 11 is 0. The van der Waals surface area contributed by atoms with Gasteiger partial charge in [-0.15, -0.1) is 0 Å². The molecule has 0 aliphatic carbocycles. The number of benzene rings is 1. The molecule has 272 valence electrons. The lowest BCUT2D eigenvalue weighted by Gasteiger charge is -2.29. The second kappa shape index (κ2) is 19.2. The maximum Gasteiger partial charge on any atom is 0.251 e. The molecule has 1 aromatic carbocycles. The summed E-state index contributed by atoms with van der Waals surface area (Å²) in [7, 11) is -3.75. The number of aromatic nitrogens is 2. The summed E-state index contributed by atoms with van der Waals surface area (Å²) in [5, 5.41) is 22.5. The average molecular weight is 704 g/mol. The number of carbonyl (C=O) groups excluding carboxylic acids is 4. The number of amides is 4. The van der Waals surface area contributed by atoms with Crippen molar-refractivity contribution in [3.8, 4) is 0 Å². The van der Waals surface area contributed by atoms with E-state index < -0.39 is 51.9 Å². The molecule has 0 saturated heterocycles. The fraction of sp³-hybridized carbons (Fsp3) is 0.588. The molecular weight excluding hydrogens is 650 g/mol. The van der Waals surface area contributed by atoms with Crippen molar-refractivity contribution in [1.29, 1.82) is 0 Å². The van der Waals surface area contributed by atoms with Gasteiger partial charge in [-0.1, -0.05) is 48.5 Å². The van der Waals surface area contributed by atoms with Crippen LogP contribution in [0.3, 0.4) is 0 Å². The summed E-state index contributed by atoms with van der Waals surface area (Å²) in [6.45, 7) is 15.1. The predicted molar refractivity (Wildman–Crippen MR) is 188 cm³/mol. The summed E-state index contributed by atoms with van der Waals surface area (Å²) in [5.74, 6) is -2.71. The van der Waals surface area contributed by atoms with Gasteiger partial charge in [0.15, 0.2) is 0 Å². The van der Waals surface area contributed by atoms with Crippen molar-refractivity contribution >= 4 is 39.3 Å². The molecule has 49 heavy (non-hydrogen) atoms. The maximum atomic E-state index is 13.6. The van der Waals surface area contributed by atoms with Crippen LogP contribution in [0.25, 0.3) is 0 Å². The van der Waals surface area contributed by atoms with E-state index in [-0.39, 0.29) is 59.2 Å². The van der Waals surface area contributed by atoms with Crippen LogP contribution in [-0.2, 0) is 26.2 Å². The van der Waals surface area contributed by atoms with Gasteiger partial charge in [-0.25, -0.2) is 8.42 Å². The normalized spacial score (nSPS) is 14.1.